The molecule has 106 valence electrons. The topological polar surface area (TPSA) is 47.0 Å². The SMILES string of the molecule is CCCNc1ncc(F)c(Oc2cc(C)ccc2C)n1. The Bertz CT molecular complexity index is 602. The molecule has 0 atom stereocenters. The van der Waals surface area contributed by atoms with Gasteiger partial charge in [0.1, 0.15) is 5.75 Å². The van der Waals surface area contributed by atoms with Crippen LogP contribution < -0.4 is 10.1 Å². The molecular weight excluding hydrogens is 257 g/mol. The highest BCUT2D eigenvalue weighted by Gasteiger charge is 2.11. The number of aromatic nitrogens is 2. The minimum Gasteiger partial charge on any atom is -0.436 e. The van der Waals surface area contributed by atoms with Crippen molar-refractivity contribution in [1.82, 2.24) is 9.97 Å². The number of benzene rings is 1. The number of rotatable bonds is 5. The van der Waals surface area contributed by atoms with Gasteiger partial charge in [0.05, 0.1) is 6.20 Å². The number of hydrogen-bond donors (Lipinski definition) is 1. The molecule has 0 spiro atoms. The van der Waals surface area contributed by atoms with Gasteiger partial charge in [0, 0.05) is 6.54 Å². The van der Waals surface area contributed by atoms with Gasteiger partial charge < -0.3 is 10.1 Å². The van der Waals surface area contributed by atoms with Gasteiger partial charge in [-0.05, 0) is 37.5 Å². The highest BCUT2D eigenvalue weighted by atomic mass is 19.1. The lowest BCUT2D eigenvalue weighted by molar-refractivity contribution is 0.418. The third-order valence-corrected chi connectivity index (χ3v) is 2.80. The van der Waals surface area contributed by atoms with E-state index in [4.69, 9.17) is 4.74 Å². The Morgan fingerprint density at radius 2 is 2.10 bits per heavy atom. The molecule has 1 N–H and O–H groups in total. The molecule has 0 fully saturated rings. The van der Waals surface area contributed by atoms with Crippen LogP contribution in [-0.2, 0) is 0 Å². The Balaban J connectivity index is 2.25. The summed E-state index contributed by atoms with van der Waals surface area (Å²) in [6.07, 6.45) is 2.05. The normalized spacial score (nSPS) is 10.4. The zero-order valence-corrected chi connectivity index (χ0v) is 11.9. The van der Waals surface area contributed by atoms with Crippen LogP contribution in [0.1, 0.15) is 24.5 Å². The maximum absolute atomic E-state index is 13.7. The first-order valence-corrected chi connectivity index (χ1v) is 6.61. The summed E-state index contributed by atoms with van der Waals surface area (Å²) in [5.74, 6) is 0.331. The van der Waals surface area contributed by atoms with E-state index in [1.165, 1.54) is 0 Å². The molecule has 1 aromatic carbocycles. The van der Waals surface area contributed by atoms with E-state index in [1.54, 1.807) is 0 Å². The Kier molecular flexibility index (Phi) is 4.50. The van der Waals surface area contributed by atoms with Gasteiger partial charge in [-0.15, -0.1) is 0 Å². The largest absolute Gasteiger partial charge is 0.436 e. The molecule has 5 heteroatoms. The number of halogens is 1. The average Bonchev–Trinajstić information content (AvgIpc) is 2.43. The molecule has 4 nitrogen and oxygen atoms in total. The van der Waals surface area contributed by atoms with Crippen molar-refractivity contribution in [2.24, 2.45) is 0 Å². The second kappa shape index (κ2) is 6.32. The number of nitrogens with one attached hydrogen (secondary N) is 1. The van der Waals surface area contributed by atoms with Crippen LogP contribution in [0.4, 0.5) is 10.3 Å². The molecule has 0 amide bonds. The summed E-state index contributed by atoms with van der Waals surface area (Å²) >= 11 is 0. The molecule has 1 heterocycles. The molecular formula is C15H18FN3O. The first-order valence-electron chi connectivity index (χ1n) is 6.61. The van der Waals surface area contributed by atoms with E-state index in [0.717, 1.165) is 30.3 Å². The zero-order valence-electron chi connectivity index (χ0n) is 11.9. The fourth-order valence-corrected chi connectivity index (χ4v) is 1.67. The monoisotopic (exact) mass is 275 g/mol. The van der Waals surface area contributed by atoms with Crippen molar-refractivity contribution in [3.8, 4) is 11.6 Å². The lowest BCUT2D eigenvalue weighted by Crippen LogP contribution is -2.06. The second-order valence-corrected chi connectivity index (χ2v) is 4.64. The highest BCUT2D eigenvalue weighted by Crippen LogP contribution is 2.26. The van der Waals surface area contributed by atoms with Crippen LogP contribution in [0.15, 0.2) is 24.4 Å². The van der Waals surface area contributed by atoms with E-state index in [-0.39, 0.29) is 5.88 Å². The van der Waals surface area contributed by atoms with E-state index in [0.29, 0.717) is 11.7 Å². The van der Waals surface area contributed by atoms with Gasteiger partial charge in [-0.3, -0.25) is 0 Å². The fourth-order valence-electron chi connectivity index (χ4n) is 1.67. The summed E-state index contributed by atoms with van der Waals surface area (Å²) in [5, 5.41) is 3.00. The van der Waals surface area contributed by atoms with Crippen LogP contribution in [-0.4, -0.2) is 16.5 Å². The quantitative estimate of drug-likeness (QED) is 0.900. The third-order valence-electron chi connectivity index (χ3n) is 2.80. The molecule has 0 aliphatic heterocycles. The van der Waals surface area contributed by atoms with E-state index >= 15 is 0 Å². The van der Waals surface area contributed by atoms with E-state index < -0.39 is 5.82 Å². The number of nitrogens with zero attached hydrogens (tertiary/aromatic N) is 2. The first kappa shape index (κ1) is 14.2. The summed E-state index contributed by atoms with van der Waals surface area (Å²) in [4.78, 5) is 7.94. The number of aryl methyl sites for hydroxylation is 2. The van der Waals surface area contributed by atoms with E-state index in [9.17, 15) is 4.39 Å². The van der Waals surface area contributed by atoms with Crippen LogP contribution >= 0.6 is 0 Å². The van der Waals surface area contributed by atoms with Gasteiger partial charge in [0.2, 0.25) is 11.8 Å². The predicted octanol–water partition coefficient (Wildman–Crippen LogP) is 3.85. The number of hydrogen-bond acceptors (Lipinski definition) is 4. The Morgan fingerprint density at radius 1 is 1.30 bits per heavy atom. The molecule has 20 heavy (non-hydrogen) atoms. The summed E-state index contributed by atoms with van der Waals surface area (Å²) < 4.78 is 19.3. The molecule has 0 saturated carbocycles. The van der Waals surface area contributed by atoms with Crippen molar-refractivity contribution in [2.45, 2.75) is 27.2 Å². The van der Waals surface area contributed by atoms with Gasteiger partial charge in [-0.1, -0.05) is 19.1 Å². The van der Waals surface area contributed by atoms with Gasteiger partial charge in [0.25, 0.3) is 5.88 Å². The maximum atomic E-state index is 13.7. The standard InChI is InChI=1S/C15H18FN3O/c1-4-7-17-15-18-9-12(16)14(19-15)20-13-8-10(2)5-6-11(13)3/h5-6,8-9H,4,7H2,1-3H3,(H,17,18,19). The van der Waals surface area contributed by atoms with Crippen LogP contribution in [0.3, 0.4) is 0 Å². The smallest absolute Gasteiger partial charge is 0.260 e. The van der Waals surface area contributed by atoms with Crippen molar-refractivity contribution in [3.63, 3.8) is 0 Å². The Hall–Kier alpha value is -2.17. The van der Waals surface area contributed by atoms with Crippen molar-refractivity contribution in [2.75, 3.05) is 11.9 Å². The molecule has 1 aromatic heterocycles. The van der Waals surface area contributed by atoms with Crippen LogP contribution in [0.25, 0.3) is 0 Å². The van der Waals surface area contributed by atoms with Gasteiger partial charge in [-0.2, -0.15) is 9.37 Å². The summed E-state index contributed by atoms with van der Waals surface area (Å²) in [7, 11) is 0. The zero-order chi connectivity index (χ0) is 14.5. The molecule has 0 aliphatic rings. The lowest BCUT2D eigenvalue weighted by atomic mass is 10.1. The predicted molar refractivity (Wildman–Crippen MR) is 76.8 cm³/mol. The van der Waals surface area contributed by atoms with Gasteiger partial charge in [-0.25, -0.2) is 4.98 Å². The lowest BCUT2D eigenvalue weighted by Gasteiger charge is -2.10. The highest BCUT2D eigenvalue weighted by molar-refractivity contribution is 5.39. The van der Waals surface area contributed by atoms with Crippen molar-refractivity contribution in [3.05, 3.63) is 41.3 Å². The van der Waals surface area contributed by atoms with Crippen LogP contribution in [0.2, 0.25) is 0 Å². The molecule has 0 aliphatic carbocycles. The third kappa shape index (κ3) is 3.44. The molecule has 0 unspecified atom stereocenters. The van der Waals surface area contributed by atoms with Crippen LogP contribution in [0.5, 0.6) is 11.6 Å². The number of anilines is 1. The minimum absolute atomic E-state index is 0.0627. The fraction of sp³-hybridized carbons (Fsp3) is 0.333. The molecule has 0 bridgehead atoms. The van der Waals surface area contributed by atoms with Crippen LogP contribution in [0, 0.1) is 19.7 Å². The van der Waals surface area contributed by atoms with Crippen molar-refractivity contribution in [1.29, 1.82) is 0 Å². The number of ether oxygens (including phenoxy) is 1. The first-order chi connectivity index (χ1) is 9.60. The van der Waals surface area contributed by atoms with Gasteiger partial charge >= 0.3 is 0 Å². The minimum atomic E-state index is -0.576. The molecule has 0 radical (unpaired) electrons. The van der Waals surface area contributed by atoms with Crippen molar-refractivity contribution >= 4 is 5.95 Å². The van der Waals surface area contributed by atoms with Crippen molar-refractivity contribution < 1.29 is 9.13 Å². The molecule has 2 aromatic rings. The summed E-state index contributed by atoms with van der Waals surface area (Å²) in [6, 6.07) is 5.77. The second-order valence-electron chi connectivity index (χ2n) is 4.64. The Labute approximate surface area is 118 Å². The molecule has 2 rings (SSSR count). The summed E-state index contributed by atoms with van der Waals surface area (Å²) in [5.41, 5.74) is 1.97. The average molecular weight is 275 g/mol. The Morgan fingerprint density at radius 3 is 2.85 bits per heavy atom. The molecule has 0 saturated heterocycles. The maximum Gasteiger partial charge on any atom is 0.260 e. The van der Waals surface area contributed by atoms with E-state index in [1.807, 2.05) is 39.0 Å². The van der Waals surface area contributed by atoms with E-state index in [2.05, 4.69) is 15.3 Å². The van der Waals surface area contributed by atoms with Gasteiger partial charge in [0.15, 0.2) is 0 Å². The summed E-state index contributed by atoms with van der Waals surface area (Å²) in [6.45, 7) is 6.62.